The highest BCUT2D eigenvalue weighted by Gasteiger charge is 2.39. The van der Waals surface area contributed by atoms with Gasteiger partial charge in [0.25, 0.3) is 5.91 Å². The van der Waals surface area contributed by atoms with Crippen molar-refractivity contribution in [1.82, 2.24) is 20.6 Å². The van der Waals surface area contributed by atoms with E-state index in [9.17, 15) is 14.8 Å². The third-order valence-corrected chi connectivity index (χ3v) is 7.05. The molecule has 2 aliphatic rings. The number of hydroxylamine groups is 1. The van der Waals surface area contributed by atoms with Crippen LogP contribution in [0.4, 0.5) is 0 Å². The quantitative estimate of drug-likeness (QED) is 0.374. The van der Waals surface area contributed by atoms with Crippen LogP contribution in [0.1, 0.15) is 65.2 Å². The average molecular weight is 421 g/mol. The van der Waals surface area contributed by atoms with Gasteiger partial charge in [-0.05, 0) is 51.6 Å². The molecule has 1 unspecified atom stereocenters. The zero-order valence-corrected chi connectivity index (χ0v) is 19.0. The summed E-state index contributed by atoms with van der Waals surface area (Å²) >= 11 is 0. The number of amides is 2. The number of likely N-dealkylation sites (tertiary alicyclic amines) is 1. The van der Waals surface area contributed by atoms with Crippen molar-refractivity contribution >= 4 is 11.8 Å². The molecule has 30 heavy (non-hydrogen) atoms. The van der Waals surface area contributed by atoms with Crippen LogP contribution < -0.4 is 10.8 Å². The Hall–Kier alpha value is -2.02. The predicted molar refractivity (Wildman–Crippen MR) is 119 cm³/mol. The molecule has 2 fully saturated rings. The van der Waals surface area contributed by atoms with Crippen LogP contribution >= 0.6 is 0 Å². The van der Waals surface area contributed by atoms with Crippen molar-refractivity contribution < 1.29 is 14.8 Å². The molecule has 0 bridgehead atoms. The van der Waals surface area contributed by atoms with Gasteiger partial charge in [-0.3, -0.25) is 14.8 Å². The van der Waals surface area contributed by atoms with Gasteiger partial charge in [0.2, 0.25) is 5.91 Å². The summed E-state index contributed by atoms with van der Waals surface area (Å²) in [6.07, 6.45) is 10.5. The molecule has 2 amide bonds. The van der Waals surface area contributed by atoms with Crippen LogP contribution in [0.5, 0.6) is 0 Å². The molecule has 1 heterocycles. The molecule has 0 aromatic heterocycles. The summed E-state index contributed by atoms with van der Waals surface area (Å²) in [6, 6.07) is -0.880. The molecule has 0 aromatic rings. The zero-order chi connectivity index (χ0) is 22.3. The number of nitrogens with zero attached hydrogens (tertiary/aromatic N) is 2. The molecule has 1 saturated carbocycles. The molecule has 0 radical (unpaired) electrons. The minimum atomic E-state index is -0.889. The van der Waals surface area contributed by atoms with Gasteiger partial charge < -0.3 is 15.1 Å². The van der Waals surface area contributed by atoms with Gasteiger partial charge in [0, 0.05) is 31.8 Å². The highest BCUT2D eigenvalue weighted by molar-refractivity contribution is 5.91. The smallest absolute Gasteiger partial charge is 0.266 e. The second-order valence-electron chi connectivity index (χ2n) is 9.31. The van der Waals surface area contributed by atoms with Crippen LogP contribution in [0.25, 0.3) is 0 Å². The van der Waals surface area contributed by atoms with Crippen LogP contribution in [0.15, 0.2) is 25.1 Å². The minimum absolute atomic E-state index is 0.257. The van der Waals surface area contributed by atoms with Crippen LogP contribution in [0.2, 0.25) is 0 Å². The third-order valence-electron chi connectivity index (χ3n) is 7.05. The summed E-state index contributed by atoms with van der Waals surface area (Å²) in [4.78, 5) is 29.8. The lowest BCUT2D eigenvalue weighted by molar-refractivity contribution is -0.139. The van der Waals surface area contributed by atoms with Gasteiger partial charge in [0.1, 0.15) is 11.6 Å². The Kier molecular flexibility index (Phi) is 8.77. The molecule has 3 N–H and O–H groups in total. The molecule has 2 rings (SSSR count). The van der Waals surface area contributed by atoms with Gasteiger partial charge in [-0.2, -0.15) is 0 Å². The summed E-state index contributed by atoms with van der Waals surface area (Å²) in [5.74, 6) is -0.638. The summed E-state index contributed by atoms with van der Waals surface area (Å²) in [5, 5.41) is 12.4. The van der Waals surface area contributed by atoms with E-state index in [2.05, 4.69) is 23.4 Å². The summed E-state index contributed by atoms with van der Waals surface area (Å²) < 4.78 is 0. The number of nitrogens with one attached hydrogen (secondary N) is 2. The molecule has 170 valence electrons. The van der Waals surface area contributed by atoms with Crippen LogP contribution in [0, 0.1) is 11.8 Å². The molecule has 7 heteroatoms. The largest absolute Gasteiger partial charge is 0.375 e. The maximum atomic E-state index is 13.1. The van der Waals surface area contributed by atoms with E-state index >= 15 is 0 Å². The molecular formula is C23H40N4O3. The Morgan fingerprint density at radius 1 is 1.20 bits per heavy atom. The Morgan fingerprint density at radius 2 is 1.80 bits per heavy atom. The molecule has 1 aliphatic heterocycles. The van der Waals surface area contributed by atoms with Crippen molar-refractivity contribution in [3.8, 4) is 0 Å². The van der Waals surface area contributed by atoms with Gasteiger partial charge >= 0.3 is 0 Å². The van der Waals surface area contributed by atoms with Crippen molar-refractivity contribution in [3.05, 3.63) is 25.1 Å². The molecule has 0 aromatic carbocycles. The third kappa shape index (κ3) is 5.78. The van der Waals surface area contributed by atoms with Crippen LogP contribution in [0.3, 0.4) is 0 Å². The van der Waals surface area contributed by atoms with Gasteiger partial charge in [-0.15, -0.1) is 0 Å². The maximum absolute atomic E-state index is 13.1. The van der Waals surface area contributed by atoms with Crippen molar-refractivity contribution in [2.24, 2.45) is 11.8 Å². The lowest BCUT2D eigenvalue weighted by Gasteiger charge is -2.40. The van der Waals surface area contributed by atoms with Gasteiger partial charge in [0.05, 0.1) is 0 Å². The van der Waals surface area contributed by atoms with Gasteiger partial charge in [-0.1, -0.05) is 38.8 Å². The molecule has 2 atom stereocenters. The standard InChI is InChI=1S/C23H40N4O3/c1-6-26(5)23(3,4)22(29)24-20(21(28)25-30)19(16-18-12-8-9-13-18)17(2)27-14-10-7-11-15-27/h6,18-20,30H,1-2,7-16H2,3-5H3,(H,24,29)(H,25,28)/t19-,20?/m0/s1. The highest BCUT2D eigenvalue weighted by atomic mass is 16.5. The van der Waals surface area contributed by atoms with E-state index in [0.29, 0.717) is 5.92 Å². The lowest BCUT2D eigenvalue weighted by Crippen LogP contribution is -2.59. The number of rotatable bonds is 10. The first-order chi connectivity index (χ1) is 14.2. The summed E-state index contributed by atoms with van der Waals surface area (Å²) in [7, 11) is 1.77. The molecule has 1 aliphatic carbocycles. The van der Waals surface area contributed by atoms with E-state index in [0.717, 1.165) is 50.9 Å². The fourth-order valence-electron chi connectivity index (χ4n) is 4.61. The van der Waals surface area contributed by atoms with E-state index in [1.165, 1.54) is 19.3 Å². The molecular weight excluding hydrogens is 380 g/mol. The average Bonchev–Trinajstić information content (AvgIpc) is 3.28. The van der Waals surface area contributed by atoms with Gasteiger partial charge in [-0.25, -0.2) is 5.48 Å². The first-order valence-corrected chi connectivity index (χ1v) is 11.3. The SMILES string of the molecule is C=CN(C)C(C)(C)C(=O)NC(C(=O)NO)[C@@H](CC1CCCC1)C(=C)N1CCCCC1. The van der Waals surface area contributed by atoms with Gasteiger partial charge in [0.15, 0.2) is 0 Å². The second kappa shape index (κ2) is 10.8. The molecule has 7 nitrogen and oxygen atoms in total. The number of likely N-dealkylation sites (N-methyl/N-ethyl adjacent to an activating group) is 1. The Bertz CT molecular complexity index is 622. The number of carbonyl (C=O) groups is 2. The van der Waals surface area contributed by atoms with E-state index in [-0.39, 0.29) is 11.8 Å². The first-order valence-electron chi connectivity index (χ1n) is 11.3. The van der Waals surface area contributed by atoms with E-state index in [4.69, 9.17) is 0 Å². The second-order valence-corrected chi connectivity index (χ2v) is 9.31. The number of hydrogen-bond acceptors (Lipinski definition) is 5. The van der Waals surface area contributed by atoms with Crippen LogP contribution in [-0.2, 0) is 9.59 Å². The highest BCUT2D eigenvalue weighted by Crippen LogP contribution is 2.35. The maximum Gasteiger partial charge on any atom is 0.266 e. The Labute approximate surface area is 181 Å². The number of hydrogen-bond donors (Lipinski definition) is 3. The lowest BCUT2D eigenvalue weighted by atomic mass is 9.84. The fourth-order valence-corrected chi connectivity index (χ4v) is 4.61. The Balaban J connectivity index is 2.29. The topological polar surface area (TPSA) is 84.9 Å². The van der Waals surface area contributed by atoms with E-state index in [1.807, 2.05) is 0 Å². The van der Waals surface area contributed by atoms with E-state index in [1.54, 1.807) is 37.5 Å². The first kappa shape index (κ1) is 24.3. The molecule has 1 saturated heterocycles. The van der Waals surface area contributed by atoms with E-state index < -0.39 is 17.5 Å². The monoisotopic (exact) mass is 420 g/mol. The number of piperidine rings is 1. The summed E-state index contributed by atoms with van der Waals surface area (Å²) in [6.45, 7) is 13.5. The van der Waals surface area contributed by atoms with Crippen molar-refractivity contribution in [2.45, 2.75) is 76.8 Å². The molecule has 0 spiro atoms. The zero-order valence-electron chi connectivity index (χ0n) is 19.0. The predicted octanol–water partition coefficient (Wildman–Crippen LogP) is 3.03. The summed E-state index contributed by atoms with van der Waals surface area (Å²) in [5.41, 5.74) is 1.79. The minimum Gasteiger partial charge on any atom is -0.375 e. The van der Waals surface area contributed by atoms with Crippen molar-refractivity contribution in [1.29, 1.82) is 0 Å². The fraction of sp³-hybridized carbons (Fsp3) is 0.739. The van der Waals surface area contributed by atoms with Crippen molar-refractivity contribution in [2.75, 3.05) is 20.1 Å². The van der Waals surface area contributed by atoms with Crippen LogP contribution in [-0.4, -0.2) is 58.5 Å². The normalized spacial score (nSPS) is 19.7. The van der Waals surface area contributed by atoms with Crippen molar-refractivity contribution in [3.63, 3.8) is 0 Å². The number of carbonyl (C=O) groups excluding carboxylic acids is 2. The Morgan fingerprint density at radius 3 is 2.33 bits per heavy atom.